The van der Waals surface area contributed by atoms with Crippen LogP contribution in [0.4, 0.5) is 4.79 Å². The van der Waals surface area contributed by atoms with Crippen molar-refractivity contribution in [2.45, 2.75) is 116 Å². The minimum Gasteiger partial charge on any atom is -0.756 e. The molecule has 9 heteroatoms. The van der Waals surface area contributed by atoms with Crippen molar-refractivity contribution in [3.05, 3.63) is 0 Å². The molecule has 0 aromatic rings. The van der Waals surface area contributed by atoms with Crippen LogP contribution in [0, 0.1) is 0 Å². The zero-order valence-corrected chi connectivity index (χ0v) is 24.3. The third-order valence-corrected chi connectivity index (χ3v) is 6.95. The fourth-order valence-corrected chi connectivity index (χ4v) is 4.63. The molecule has 0 spiro atoms. The summed E-state index contributed by atoms with van der Waals surface area (Å²) in [4.78, 5) is 23.9. The van der Waals surface area contributed by atoms with Gasteiger partial charge in [0.2, 0.25) is 0 Å². The quantitative estimate of drug-likeness (QED) is 0.0924. The largest absolute Gasteiger partial charge is 0.756 e. The highest BCUT2D eigenvalue weighted by molar-refractivity contribution is 7.45. The van der Waals surface area contributed by atoms with E-state index in [1.165, 1.54) is 70.6 Å². The van der Waals surface area contributed by atoms with Crippen LogP contribution in [0.25, 0.3) is 0 Å². The second-order valence-electron chi connectivity index (χ2n) is 10.5. The number of amides is 1. The van der Waals surface area contributed by atoms with Gasteiger partial charge in [0.1, 0.15) is 25.9 Å². The Labute approximate surface area is 215 Å². The summed E-state index contributed by atoms with van der Waals surface area (Å²) in [5, 5.41) is 2.54. The molecule has 8 nitrogen and oxygen atoms in total. The number of alkyl carbamates (subject to hydrolysis) is 1. The van der Waals surface area contributed by atoms with Crippen LogP contribution < -0.4 is 10.2 Å². The third kappa shape index (κ3) is 24.8. The van der Waals surface area contributed by atoms with Gasteiger partial charge >= 0.3 is 6.09 Å². The number of ether oxygens (including phenoxy) is 1. The van der Waals surface area contributed by atoms with Crippen LogP contribution >= 0.6 is 7.82 Å². The van der Waals surface area contributed by atoms with Gasteiger partial charge in [-0.3, -0.25) is 4.57 Å². The molecule has 0 saturated heterocycles. The summed E-state index contributed by atoms with van der Waals surface area (Å²) in [7, 11) is 1.40. The maximum Gasteiger partial charge on any atom is 0.407 e. The van der Waals surface area contributed by atoms with E-state index in [9.17, 15) is 14.3 Å². The Morgan fingerprint density at radius 2 is 1.34 bits per heavy atom. The van der Waals surface area contributed by atoms with E-state index in [1.54, 1.807) is 6.92 Å². The first-order valence-corrected chi connectivity index (χ1v) is 15.4. The Balaban J connectivity index is 4.11. The number of hydrogen-bond donors (Lipinski definition) is 1. The molecular weight excluding hydrogens is 467 g/mol. The Morgan fingerprint density at radius 3 is 1.80 bits per heavy atom. The molecule has 2 unspecified atom stereocenters. The Hall–Kier alpha value is -0.660. The highest BCUT2D eigenvalue weighted by Crippen LogP contribution is 2.40. The number of hydrogen-bond acceptors (Lipinski definition) is 6. The van der Waals surface area contributed by atoms with Gasteiger partial charge < -0.3 is 28.5 Å². The van der Waals surface area contributed by atoms with Crippen molar-refractivity contribution in [2.24, 2.45) is 0 Å². The van der Waals surface area contributed by atoms with E-state index in [0.29, 0.717) is 24.0 Å². The molecule has 0 saturated carbocycles. The second-order valence-corrected chi connectivity index (χ2v) is 11.9. The lowest BCUT2D eigenvalue weighted by atomic mass is 10.0. The van der Waals surface area contributed by atoms with Gasteiger partial charge in [0.15, 0.2) is 0 Å². The van der Waals surface area contributed by atoms with Crippen molar-refractivity contribution < 1.29 is 32.5 Å². The van der Waals surface area contributed by atoms with Gasteiger partial charge in [-0.2, -0.15) is 0 Å². The first-order valence-electron chi connectivity index (χ1n) is 13.9. The molecule has 0 aromatic carbocycles. The van der Waals surface area contributed by atoms with E-state index in [0.717, 1.165) is 19.3 Å². The molecule has 1 amide bonds. The number of unbranched alkanes of at least 4 members (excludes halogenated alkanes) is 13. The van der Waals surface area contributed by atoms with Crippen LogP contribution in [-0.4, -0.2) is 64.1 Å². The van der Waals surface area contributed by atoms with Gasteiger partial charge in [0.05, 0.1) is 21.1 Å². The van der Waals surface area contributed by atoms with Gasteiger partial charge in [-0.1, -0.05) is 96.8 Å². The maximum atomic E-state index is 12.3. The second kappa shape index (κ2) is 21.4. The van der Waals surface area contributed by atoms with E-state index in [4.69, 9.17) is 13.8 Å². The lowest BCUT2D eigenvalue weighted by molar-refractivity contribution is -0.870. The van der Waals surface area contributed by atoms with E-state index in [1.807, 2.05) is 21.1 Å². The van der Waals surface area contributed by atoms with Crippen LogP contribution in [0.3, 0.4) is 0 Å². The average Bonchev–Trinajstić information content (AvgIpc) is 2.76. The summed E-state index contributed by atoms with van der Waals surface area (Å²) < 4.78 is 28.3. The number of rotatable bonds is 24. The molecule has 0 heterocycles. The highest BCUT2D eigenvalue weighted by atomic mass is 31.2. The molecule has 0 fully saturated rings. The van der Waals surface area contributed by atoms with Crippen LogP contribution in [0.1, 0.15) is 110 Å². The average molecular weight is 523 g/mol. The molecule has 0 bridgehead atoms. The summed E-state index contributed by atoms with van der Waals surface area (Å²) in [6, 6.07) is 0. The monoisotopic (exact) mass is 522 g/mol. The molecule has 2 atom stereocenters. The topological polar surface area (TPSA) is 96.9 Å². The minimum atomic E-state index is -4.47. The van der Waals surface area contributed by atoms with E-state index < -0.39 is 20.0 Å². The zero-order valence-electron chi connectivity index (χ0n) is 23.4. The Kier molecular flexibility index (Phi) is 21.0. The first-order chi connectivity index (χ1) is 16.6. The van der Waals surface area contributed by atoms with Crippen molar-refractivity contribution >= 4 is 13.9 Å². The van der Waals surface area contributed by atoms with Gasteiger partial charge in [0, 0.05) is 6.54 Å². The molecule has 0 aliphatic rings. The van der Waals surface area contributed by atoms with E-state index in [-0.39, 0.29) is 13.2 Å². The number of carbonyl (C=O) groups excluding carboxylic acids is 1. The molecule has 35 heavy (non-hydrogen) atoms. The Morgan fingerprint density at radius 1 is 0.857 bits per heavy atom. The normalized spacial score (nSPS) is 14.5. The molecule has 0 rings (SSSR count). The summed E-state index contributed by atoms with van der Waals surface area (Å²) in [5.74, 6) is 0. The summed E-state index contributed by atoms with van der Waals surface area (Å²) in [5.41, 5.74) is 0. The predicted octanol–water partition coefficient (Wildman–Crippen LogP) is 6.18. The standard InChI is InChI=1S/C26H55N2O6P/c1-6-8-9-10-11-12-13-14-15-16-17-18-19-20-21-25(24-32-26(29)27-7-2)34-35(30,31)33-23-22-28(3,4)5/h25H,6-24H2,1-5H3,(H-,27,29,30,31). The Bertz CT molecular complexity index is 556. The number of nitrogens with one attached hydrogen (secondary N) is 1. The van der Waals surface area contributed by atoms with Crippen molar-refractivity contribution in [2.75, 3.05) is 47.4 Å². The lowest BCUT2D eigenvalue weighted by Crippen LogP contribution is -2.37. The number of nitrogens with zero attached hydrogens (tertiary/aromatic N) is 1. The number of phosphoric ester groups is 1. The number of carbonyl (C=O) groups is 1. The third-order valence-electron chi connectivity index (χ3n) is 5.89. The van der Waals surface area contributed by atoms with Crippen molar-refractivity contribution in [1.82, 2.24) is 5.32 Å². The maximum absolute atomic E-state index is 12.3. The van der Waals surface area contributed by atoms with Gasteiger partial charge in [-0.15, -0.1) is 0 Å². The van der Waals surface area contributed by atoms with Gasteiger partial charge in [-0.05, 0) is 13.3 Å². The zero-order chi connectivity index (χ0) is 26.4. The number of phosphoric acid groups is 1. The van der Waals surface area contributed by atoms with Crippen molar-refractivity contribution in [1.29, 1.82) is 0 Å². The summed E-state index contributed by atoms with van der Waals surface area (Å²) >= 11 is 0. The fourth-order valence-electron chi connectivity index (χ4n) is 3.74. The lowest BCUT2D eigenvalue weighted by Gasteiger charge is -2.30. The van der Waals surface area contributed by atoms with Crippen molar-refractivity contribution in [3.63, 3.8) is 0 Å². The predicted molar refractivity (Wildman–Crippen MR) is 141 cm³/mol. The van der Waals surface area contributed by atoms with Gasteiger partial charge in [0.25, 0.3) is 7.82 Å². The molecule has 1 N–H and O–H groups in total. The summed E-state index contributed by atoms with van der Waals surface area (Å²) in [6.45, 7) is 4.95. The molecular formula is C26H55N2O6P. The first kappa shape index (κ1) is 34.3. The minimum absolute atomic E-state index is 0.0486. The van der Waals surface area contributed by atoms with E-state index >= 15 is 0 Å². The molecule has 0 aromatic heterocycles. The fraction of sp³-hybridized carbons (Fsp3) is 0.962. The molecule has 210 valence electrons. The smallest absolute Gasteiger partial charge is 0.407 e. The number of quaternary nitrogens is 1. The van der Waals surface area contributed by atoms with Crippen LogP contribution in [0.2, 0.25) is 0 Å². The van der Waals surface area contributed by atoms with Crippen LogP contribution in [-0.2, 0) is 18.3 Å². The molecule has 0 aliphatic carbocycles. The van der Waals surface area contributed by atoms with E-state index in [2.05, 4.69) is 12.2 Å². The van der Waals surface area contributed by atoms with Crippen molar-refractivity contribution in [3.8, 4) is 0 Å². The van der Waals surface area contributed by atoms with Crippen LogP contribution in [0.15, 0.2) is 0 Å². The molecule has 0 radical (unpaired) electrons. The number of likely N-dealkylation sites (N-methyl/N-ethyl adjacent to an activating group) is 1. The SMILES string of the molecule is CCCCCCCCCCCCCCCCC(COC(=O)NCC)OP(=O)([O-])OCC[N+](C)(C)C. The van der Waals surface area contributed by atoms with Gasteiger partial charge in [-0.25, -0.2) is 4.79 Å². The highest BCUT2D eigenvalue weighted by Gasteiger charge is 2.21. The molecule has 0 aliphatic heterocycles. The summed E-state index contributed by atoms with van der Waals surface area (Å²) in [6.07, 6.45) is 16.8. The van der Waals surface area contributed by atoms with Crippen LogP contribution in [0.5, 0.6) is 0 Å².